The molecule has 0 rings (SSSR count). The molecule has 9 heavy (non-hydrogen) atoms. The van der Waals surface area contributed by atoms with Crippen LogP contribution < -0.4 is 0 Å². The molecule has 1 radical (unpaired) electrons. The van der Waals surface area contributed by atoms with Crippen LogP contribution in [0.25, 0.3) is 0 Å². The molecule has 0 heterocycles. The van der Waals surface area contributed by atoms with E-state index in [9.17, 15) is 4.79 Å². The van der Waals surface area contributed by atoms with Crippen molar-refractivity contribution in [3.05, 3.63) is 12.8 Å². The molecule has 0 atom stereocenters. The maximum atomic E-state index is 9.73. The quantitative estimate of drug-likeness (QED) is 0.376. The van der Waals surface area contributed by atoms with Crippen molar-refractivity contribution in [2.45, 2.75) is 26.2 Å². The first kappa shape index (κ1) is 12.5. The Kier molecular flexibility index (Phi) is 16.0. The minimum atomic E-state index is 0. The molecule has 0 aromatic carbocycles. The Hall–Kier alpha value is 0.774. The normalized spacial score (nSPS) is 8.11. The van der Waals surface area contributed by atoms with Crippen molar-refractivity contribution in [3.63, 3.8) is 0 Å². The van der Waals surface area contributed by atoms with Gasteiger partial charge in [-0.2, -0.15) is 6.92 Å². The SMILES string of the molecule is C[CH-]CC[CH-]CC=O.[Y]. The van der Waals surface area contributed by atoms with Crippen molar-refractivity contribution >= 4 is 6.29 Å². The van der Waals surface area contributed by atoms with Crippen molar-refractivity contribution < 1.29 is 37.5 Å². The van der Waals surface area contributed by atoms with Crippen LogP contribution in [0, 0.1) is 12.8 Å². The second-order valence-electron chi connectivity index (χ2n) is 1.68. The minimum absolute atomic E-state index is 0. The van der Waals surface area contributed by atoms with Gasteiger partial charge in [0, 0.05) is 32.7 Å². The van der Waals surface area contributed by atoms with Crippen LogP contribution in [0.4, 0.5) is 0 Å². The van der Waals surface area contributed by atoms with Crippen LogP contribution in [0.1, 0.15) is 26.2 Å². The predicted octanol–water partition coefficient (Wildman–Crippen LogP) is 1.78. The molecule has 0 aromatic heterocycles. The molecule has 0 N–H and O–H groups in total. The summed E-state index contributed by atoms with van der Waals surface area (Å²) in [5, 5.41) is 0. The van der Waals surface area contributed by atoms with E-state index in [0.717, 1.165) is 19.1 Å². The molecule has 0 aliphatic carbocycles. The van der Waals surface area contributed by atoms with Gasteiger partial charge in [0.25, 0.3) is 0 Å². The van der Waals surface area contributed by atoms with Crippen molar-refractivity contribution in [2.24, 2.45) is 0 Å². The second kappa shape index (κ2) is 11.6. The standard InChI is InChI=1S/C7H12O.Y/c1-2-3-4-5-6-7-8;/h2,5,7H,3-4,6H2,1H3;/q-2;. The topological polar surface area (TPSA) is 17.1 Å². The van der Waals surface area contributed by atoms with E-state index in [4.69, 9.17) is 0 Å². The molecule has 0 bridgehead atoms. The van der Waals surface area contributed by atoms with Crippen LogP contribution in [0.2, 0.25) is 0 Å². The first-order valence-corrected chi connectivity index (χ1v) is 2.95. The molecule has 0 spiro atoms. The Morgan fingerprint density at radius 3 is 2.56 bits per heavy atom. The molecule has 0 aromatic rings. The molecule has 51 valence electrons. The average molecular weight is 201 g/mol. The van der Waals surface area contributed by atoms with E-state index in [1.54, 1.807) is 0 Å². The third kappa shape index (κ3) is 12.1. The first-order valence-electron chi connectivity index (χ1n) is 2.95. The molecular formula is C7H12OY-2. The van der Waals surface area contributed by atoms with Gasteiger partial charge in [0.2, 0.25) is 0 Å². The number of unbranched alkanes of at least 4 members (excludes halogenated alkanes) is 4. The number of carbonyl (C=O) groups is 1. The van der Waals surface area contributed by atoms with Gasteiger partial charge in [-0.05, 0) is 0 Å². The summed E-state index contributed by atoms with van der Waals surface area (Å²) in [5.41, 5.74) is 0. The number of rotatable bonds is 5. The summed E-state index contributed by atoms with van der Waals surface area (Å²) in [6.45, 7) is 2.02. The molecule has 0 saturated heterocycles. The summed E-state index contributed by atoms with van der Waals surface area (Å²) in [4.78, 5) is 9.73. The van der Waals surface area contributed by atoms with Crippen molar-refractivity contribution in [1.82, 2.24) is 0 Å². The number of carbonyl (C=O) groups excluding carboxylic acids is 1. The summed E-state index contributed by atoms with van der Waals surface area (Å²) in [7, 11) is 0. The summed E-state index contributed by atoms with van der Waals surface area (Å²) < 4.78 is 0. The van der Waals surface area contributed by atoms with Crippen LogP contribution in [0.3, 0.4) is 0 Å². The molecule has 0 unspecified atom stereocenters. The molecule has 1 nitrogen and oxygen atoms in total. The van der Waals surface area contributed by atoms with Gasteiger partial charge >= 0.3 is 0 Å². The van der Waals surface area contributed by atoms with E-state index in [0.29, 0.717) is 6.42 Å². The molecule has 0 aliphatic rings. The summed E-state index contributed by atoms with van der Waals surface area (Å²) in [6.07, 6.45) is 7.75. The molecule has 0 saturated carbocycles. The number of aldehydes is 1. The average Bonchev–Trinajstić information content (AvgIpc) is 1.81. The Labute approximate surface area is 82.5 Å². The number of hydrogen-bond donors (Lipinski definition) is 0. The molecule has 0 amide bonds. The Morgan fingerprint density at radius 1 is 1.44 bits per heavy atom. The Bertz CT molecular complexity index is 54.9. The maximum absolute atomic E-state index is 9.73. The maximum Gasteiger partial charge on any atom is 0.0900 e. The van der Waals surface area contributed by atoms with Gasteiger partial charge in [-0.1, -0.05) is 0 Å². The van der Waals surface area contributed by atoms with E-state index in [2.05, 4.69) is 6.42 Å². The van der Waals surface area contributed by atoms with Crippen LogP contribution in [-0.2, 0) is 37.5 Å². The molecule has 0 aliphatic heterocycles. The van der Waals surface area contributed by atoms with Gasteiger partial charge in [-0.3, -0.25) is 0 Å². The van der Waals surface area contributed by atoms with Gasteiger partial charge in [0.1, 0.15) is 0 Å². The smallest absolute Gasteiger partial charge is 0.0900 e. The van der Waals surface area contributed by atoms with E-state index in [-0.39, 0.29) is 32.7 Å². The minimum Gasteiger partial charge on any atom is -0.334 e. The van der Waals surface area contributed by atoms with Gasteiger partial charge < -0.3 is 17.6 Å². The fraction of sp³-hybridized carbons (Fsp3) is 0.571. The molecule has 0 fully saturated rings. The fourth-order valence-corrected chi connectivity index (χ4v) is 0.470. The molecular weight excluding hydrogens is 189 g/mol. The fourth-order valence-electron chi connectivity index (χ4n) is 0.470. The van der Waals surface area contributed by atoms with Gasteiger partial charge in [-0.15, -0.1) is 6.42 Å². The Balaban J connectivity index is 0. The summed E-state index contributed by atoms with van der Waals surface area (Å²) in [6, 6.07) is 0. The third-order valence-electron chi connectivity index (χ3n) is 0.922. The van der Waals surface area contributed by atoms with Gasteiger partial charge in [0.15, 0.2) is 0 Å². The van der Waals surface area contributed by atoms with E-state index in [1.165, 1.54) is 0 Å². The monoisotopic (exact) mass is 201 g/mol. The van der Waals surface area contributed by atoms with Crippen molar-refractivity contribution in [2.75, 3.05) is 0 Å². The zero-order valence-corrected chi connectivity index (χ0v) is 8.68. The van der Waals surface area contributed by atoms with Crippen molar-refractivity contribution in [3.8, 4) is 0 Å². The Morgan fingerprint density at radius 2 is 2.11 bits per heavy atom. The first-order chi connectivity index (χ1) is 3.91. The summed E-state index contributed by atoms with van der Waals surface area (Å²) >= 11 is 0. The van der Waals surface area contributed by atoms with E-state index >= 15 is 0 Å². The largest absolute Gasteiger partial charge is 0.334 e. The zero-order valence-electron chi connectivity index (χ0n) is 5.84. The van der Waals surface area contributed by atoms with Crippen LogP contribution in [-0.4, -0.2) is 6.29 Å². The third-order valence-corrected chi connectivity index (χ3v) is 0.922. The second-order valence-corrected chi connectivity index (χ2v) is 1.68. The van der Waals surface area contributed by atoms with Crippen LogP contribution >= 0.6 is 0 Å². The van der Waals surface area contributed by atoms with E-state index in [1.807, 2.05) is 13.3 Å². The van der Waals surface area contributed by atoms with Crippen LogP contribution in [0.5, 0.6) is 0 Å². The van der Waals surface area contributed by atoms with Gasteiger partial charge in [0.05, 0.1) is 6.29 Å². The van der Waals surface area contributed by atoms with Crippen LogP contribution in [0.15, 0.2) is 0 Å². The molecule has 2 heteroatoms. The number of hydrogen-bond acceptors (Lipinski definition) is 1. The van der Waals surface area contributed by atoms with Crippen molar-refractivity contribution in [1.29, 1.82) is 0 Å². The van der Waals surface area contributed by atoms with E-state index < -0.39 is 0 Å². The van der Waals surface area contributed by atoms with Gasteiger partial charge in [-0.25, -0.2) is 12.8 Å². The predicted molar refractivity (Wildman–Crippen MR) is 34.2 cm³/mol. The summed E-state index contributed by atoms with van der Waals surface area (Å²) in [5.74, 6) is 0. The zero-order chi connectivity index (χ0) is 6.24.